The number of nitrogens with zero attached hydrogens (tertiary/aromatic N) is 1. The molecule has 0 spiro atoms. The maximum absolute atomic E-state index is 13.3. The van der Waals surface area contributed by atoms with Gasteiger partial charge in [0.2, 0.25) is 5.91 Å². The van der Waals surface area contributed by atoms with E-state index in [1.807, 2.05) is 36.4 Å². The number of carboxylic acids is 1. The lowest BCUT2D eigenvalue weighted by Gasteiger charge is -2.30. The number of fused-ring (bicyclic) bond motifs is 4. The molecule has 0 radical (unpaired) electrons. The first-order valence-corrected chi connectivity index (χ1v) is 11.8. The Morgan fingerprint density at radius 1 is 1.12 bits per heavy atom. The summed E-state index contributed by atoms with van der Waals surface area (Å²) < 4.78 is 11.2. The van der Waals surface area contributed by atoms with Gasteiger partial charge in [-0.3, -0.25) is 4.79 Å². The summed E-state index contributed by atoms with van der Waals surface area (Å²) in [7, 11) is 0. The molecule has 34 heavy (non-hydrogen) atoms. The molecule has 0 saturated carbocycles. The van der Waals surface area contributed by atoms with Crippen LogP contribution in [0.1, 0.15) is 43.2 Å². The van der Waals surface area contributed by atoms with Crippen LogP contribution in [0, 0.1) is 0 Å². The third-order valence-electron chi connectivity index (χ3n) is 7.20. The number of benzene rings is 2. The minimum Gasteiger partial charge on any atom is -0.480 e. The van der Waals surface area contributed by atoms with Crippen molar-refractivity contribution in [1.29, 1.82) is 0 Å². The Kier molecular flexibility index (Phi) is 6.00. The SMILES string of the molecule is CCC(NC(=O)OCC1c2ccccc2-c2ccccc21)C(=O)N1C(C(=O)O)CC2OCCC21. The van der Waals surface area contributed by atoms with Gasteiger partial charge in [-0.25, -0.2) is 9.59 Å². The number of rotatable bonds is 6. The predicted molar refractivity (Wildman–Crippen MR) is 123 cm³/mol. The highest BCUT2D eigenvalue weighted by Gasteiger charge is 2.51. The fraction of sp³-hybridized carbons (Fsp3) is 0.423. The second kappa shape index (κ2) is 9.10. The van der Waals surface area contributed by atoms with Crippen LogP contribution in [-0.2, 0) is 19.1 Å². The standard InChI is InChI=1S/C26H28N2O6/c1-2-20(24(29)28-21-11-12-33-23(21)13-22(28)25(30)31)27-26(32)34-14-19-17-9-5-3-7-15(17)16-8-4-6-10-18(16)19/h3-10,19-23H,2,11-14H2,1H3,(H,27,32)(H,30,31). The molecular weight excluding hydrogens is 436 g/mol. The van der Waals surface area contributed by atoms with Crippen LogP contribution in [0.2, 0.25) is 0 Å². The molecule has 2 aromatic rings. The molecular formula is C26H28N2O6. The van der Waals surface area contributed by atoms with Crippen LogP contribution >= 0.6 is 0 Å². The van der Waals surface area contributed by atoms with Gasteiger partial charge in [-0.15, -0.1) is 0 Å². The minimum atomic E-state index is -1.05. The van der Waals surface area contributed by atoms with E-state index in [2.05, 4.69) is 17.4 Å². The van der Waals surface area contributed by atoms with Crippen molar-refractivity contribution in [3.63, 3.8) is 0 Å². The van der Waals surface area contributed by atoms with Gasteiger partial charge in [0.25, 0.3) is 0 Å². The predicted octanol–water partition coefficient (Wildman–Crippen LogP) is 3.15. The van der Waals surface area contributed by atoms with E-state index in [1.54, 1.807) is 6.92 Å². The molecule has 2 aromatic carbocycles. The van der Waals surface area contributed by atoms with Gasteiger partial charge in [-0.05, 0) is 35.1 Å². The molecule has 2 saturated heterocycles. The number of hydrogen-bond donors (Lipinski definition) is 2. The van der Waals surface area contributed by atoms with E-state index in [1.165, 1.54) is 4.90 Å². The number of nitrogens with one attached hydrogen (secondary N) is 1. The van der Waals surface area contributed by atoms with Crippen molar-refractivity contribution < 1.29 is 29.0 Å². The number of hydrogen-bond acceptors (Lipinski definition) is 5. The van der Waals surface area contributed by atoms with E-state index in [4.69, 9.17) is 9.47 Å². The summed E-state index contributed by atoms with van der Waals surface area (Å²) >= 11 is 0. The summed E-state index contributed by atoms with van der Waals surface area (Å²) in [6.45, 7) is 2.42. The largest absolute Gasteiger partial charge is 0.480 e. The molecule has 8 heteroatoms. The summed E-state index contributed by atoms with van der Waals surface area (Å²) in [6.07, 6.45) is 0.239. The molecule has 2 aliphatic heterocycles. The lowest BCUT2D eigenvalue weighted by Crippen LogP contribution is -2.54. The van der Waals surface area contributed by atoms with Crippen molar-refractivity contribution >= 4 is 18.0 Å². The third-order valence-corrected chi connectivity index (χ3v) is 7.20. The first-order chi connectivity index (χ1) is 16.5. The van der Waals surface area contributed by atoms with E-state index in [9.17, 15) is 19.5 Å². The monoisotopic (exact) mass is 464 g/mol. The Morgan fingerprint density at radius 2 is 1.76 bits per heavy atom. The Balaban J connectivity index is 1.26. The number of aliphatic carboxylic acids is 1. The zero-order valence-corrected chi connectivity index (χ0v) is 19.0. The quantitative estimate of drug-likeness (QED) is 0.681. The topological polar surface area (TPSA) is 105 Å². The van der Waals surface area contributed by atoms with Crippen LogP contribution in [0.4, 0.5) is 4.79 Å². The van der Waals surface area contributed by atoms with Gasteiger partial charge in [0.1, 0.15) is 18.7 Å². The van der Waals surface area contributed by atoms with Crippen molar-refractivity contribution in [2.24, 2.45) is 0 Å². The van der Waals surface area contributed by atoms with Gasteiger partial charge in [0.15, 0.2) is 0 Å². The number of carbonyl (C=O) groups excluding carboxylic acids is 2. The van der Waals surface area contributed by atoms with Gasteiger partial charge < -0.3 is 24.8 Å². The fourth-order valence-electron chi connectivity index (χ4n) is 5.58. The van der Waals surface area contributed by atoms with Crippen LogP contribution in [0.3, 0.4) is 0 Å². The molecule has 2 fully saturated rings. The van der Waals surface area contributed by atoms with Gasteiger partial charge in [-0.2, -0.15) is 0 Å². The van der Waals surface area contributed by atoms with Crippen LogP contribution in [-0.4, -0.2) is 65.4 Å². The normalized spacial score (nSPS) is 23.7. The molecule has 3 aliphatic rings. The lowest BCUT2D eigenvalue weighted by molar-refractivity contribution is -0.150. The molecule has 2 amide bonds. The molecule has 5 rings (SSSR count). The molecule has 1 aliphatic carbocycles. The van der Waals surface area contributed by atoms with Gasteiger partial charge >= 0.3 is 12.1 Å². The van der Waals surface area contributed by atoms with E-state index in [0.29, 0.717) is 19.4 Å². The average Bonchev–Trinajstić information content (AvgIpc) is 3.52. The number of carboxylic acid groups (broad SMARTS) is 1. The Hall–Kier alpha value is -3.39. The Morgan fingerprint density at radius 3 is 2.38 bits per heavy atom. The van der Waals surface area contributed by atoms with Gasteiger partial charge in [0, 0.05) is 18.9 Å². The Bertz CT molecular complexity index is 1070. The third kappa shape index (κ3) is 3.81. The number of ether oxygens (including phenoxy) is 2. The van der Waals surface area contributed by atoms with Crippen molar-refractivity contribution in [3.05, 3.63) is 59.7 Å². The van der Waals surface area contributed by atoms with Crippen molar-refractivity contribution in [3.8, 4) is 11.1 Å². The van der Waals surface area contributed by atoms with Crippen LogP contribution in [0.25, 0.3) is 11.1 Å². The first kappa shape index (κ1) is 22.4. The highest BCUT2D eigenvalue weighted by atomic mass is 16.5. The summed E-state index contributed by atoms with van der Waals surface area (Å²) in [5.41, 5.74) is 4.48. The van der Waals surface area contributed by atoms with E-state index in [-0.39, 0.29) is 31.1 Å². The summed E-state index contributed by atoms with van der Waals surface area (Å²) in [4.78, 5) is 39.2. The number of alkyl carbamates (subject to hydrolysis) is 1. The summed E-state index contributed by atoms with van der Waals surface area (Å²) in [5.74, 6) is -1.54. The zero-order valence-electron chi connectivity index (χ0n) is 19.0. The fourth-order valence-corrected chi connectivity index (χ4v) is 5.58. The molecule has 0 aromatic heterocycles. The van der Waals surface area contributed by atoms with E-state index in [0.717, 1.165) is 22.3 Å². The summed E-state index contributed by atoms with van der Waals surface area (Å²) in [5, 5.41) is 12.3. The molecule has 4 atom stereocenters. The highest BCUT2D eigenvalue weighted by molar-refractivity contribution is 5.90. The van der Waals surface area contributed by atoms with Crippen LogP contribution in [0.5, 0.6) is 0 Å². The first-order valence-electron chi connectivity index (χ1n) is 11.8. The summed E-state index contributed by atoms with van der Waals surface area (Å²) in [6, 6.07) is 14.1. The van der Waals surface area contributed by atoms with Crippen LogP contribution < -0.4 is 5.32 Å². The van der Waals surface area contributed by atoms with Crippen LogP contribution in [0.15, 0.2) is 48.5 Å². The maximum atomic E-state index is 13.3. The molecule has 4 unspecified atom stereocenters. The minimum absolute atomic E-state index is 0.0831. The van der Waals surface area contributed by atoms with Gasteiger partial charge in [0.05, 0.1) is 12.1 Å². The lowest BCUT2D eigenvalue weighted by atomic mass is 9.98. The molecule has 2 heterocycles. The number of likely N-dealkylation sites (tertiary alicyclic amines) is 1. The highest BCUT2D eigenvalue weighted by Crippen LogP contribution is 2.44. The van der Waals surface area contributed by atoms with E-state index < -0.39 is 30.1 Å². The second-order valence-electron chi connectivity index (χ2n) is 9.03. The maximum Gasteiger partial charge on any atom is 0.407 e. The molecule has 8 nitrogen and oxygen atoms in total. The van der Waals surface area contributed by atoms with Crippen molar-refractivity contribution in [1.82, 2.24) is 10.2 Å². The zero-order chi connectivity index (χ0) is 23.8. The smallest absolute Gasteiger partial charge is 0.407 e. The van der Waals surface area contributed by atoms with E-state index >= 15 is 0 Å². The number of amides is 2. The Labute approximate surface area is 197 Å². The molecule has 178 valence electrons. The van der Waals surface area contributed by atoms with Crippen molar-refractivity contribution in [2.75, 3.05) is 13.2 Å². The van der Waals surface area contributed by atoms with Gasteiger partial charge in [-0.1, -0.05) is 55.5 Å². The second-order valence-corrected chi connectivity index (χ2v) is 9.03. The number of carbonyl (C=O) groups is 3. The van der Waals surface area contributed by atoms with Crippen molar-refractivity contribution in [2.45, 2.75) is 56.3 Å². The molecule has 2 N–H and O–H groups in total. The molecule has 0 bridgehead atoms. The average molecular weight is 465 g/mol.